The molecular weight excluding hydrogens is 348 g/mol. The van der Waals surface area contributed by atoms with Gasteiger partial charge in [0.1, 0.15) is 5.75 Å². The Morgan fingerprint density at radius 1 is 0.929 bits per heavy atom. The summed E-state index contributed by atoms with van der Waals surface area (Å²) >= 11 is 0. The van der Waals surface area contributed by atoms with Crippen LogP contribution in [0.5, 0.6) is 5.75 Å². The Morgan fingerprint density at radius 3 is 2.29 bits per heavy atom. The number of anilines is 1. The summed E-state index contributed by atoms with van der Waals surface area (Å²) < 4.78 is 5.21. The van der Waals surface area contributed by atoms with Crippen LogP contribution in [0.4, 0.5) is 5.69 Å². The van der Waals surface area contributed by atoms with Crippen molar-refractivity contribution < 1.29 is 9.53 Å². The molecule has 0 heterocycles. The molecule has 28 heavy (non-hydrogen) atoms. The maximum absolute atomic E-state index is 12.6. The smallest absolute Gasteiger partial charge is 0.238 e. The lowest BCUT2D eigenvalue weighted by atomic mass is 10.0. The Labute approximate surface area is 166 Å². The van der Waals surface area contributed by atoms with E-state index >= 15 is 0 Å². The van der Waals surface area contributed by atoms with E-state index < -0.39 is 0 Å². The number of methoxy groups -OCH3 is 1. The second-order valence-electron chi connectivity index (χ2n) is 6.57. The molecule has 0 saturated heterocycles. The van der Waals surface area contributed by atoms with Gasteiger partial charge in [-0.1, -0.05) is 67.6 Å². The van der Waals surface area contributed by atoms with E-state index in [-0.39, 0.29) is 18.5 Å². The maximum atomic E-state index is 12.6. The molecule has 0 aliphatic rings. The average molecular weight is 374 g/mol. The van der Waals surface area contributed by atoms with Crippen LogP contribution >= 0.6 is 0 Å². The van der Waals surface area contributed by atoms with Crippen LogP contribution in [0.15, 0.2) is 78.9 Å². The lowest BCUT2D eigenvalue weighted by molar-refractivity contribution is -0.115. The zero-order chi connectivity index (χ0) is 19.8. The highest BCUT2D eigenvalue weighted by Crippen LogP contribution is 2.27. The van der Waals surface area contributed by atoms with Gasteiger partial charge in [-0.2, -0.15) is 0 Å². The minimum Gasteiger partial charge on any atom is -0.497 e. The van der Waals surface area contributed by atoms with Gasteiger partial charge >= 0.3 is 0 Å². The summed E-state index contributed by atoms with van der Waals surface area (Å²) in [6, 6.07) is 26.0. The number of para-hydroxylation sites is 1. The zero-order valence-corrected chi connectivity index (χ0v) is 16.3. The Kier molecular flexibility index (Phi) is 6.82. The van der Waals surface area contributed by atoms with Crippen molar-refractivity contribution in [3.05, 3.63) is 84.4 Å². The predicted molar refractivity (Wildman–Crippen MR) is 115 cm³/mol. The third-order valence-electron chi connectivity index (χ3n) is 4.72. The van der Waals surface area contributed by atoms with Gasteiger partial charge in [0.05, 0.1) is 13.7 Å². The number of benzene rings is 3. The fourth-order valence-corrected chi connectivity index (χ4v) is 3.21. The van der Waals surface area contributed by atoms with Crippen molar-refractivity contribution in [2.75, 3.05) is 19.0 Å². The van der Waals surface area contributed by atoms with E-state index in [1.165, 1.54) is 0 Å². The van der Waals surface area contributed by atoms with Gasteiger partial charge < -0.3 is 15.4 Å². The highest BCUT2D eigenvalue weighted by Gasteiger charge is 2.12. The van der Waals surface area contributed by atoms with Crippen molar-refractivity contribution in [2.24, 2.45) is 0 Å². The number of hydrogen-bond acceptors (Lipinski definition) is 3. The molecule has 3 aromatic rings. The highest BCUT2D eigenvalue weighted by atomic mass is 16.5. The lowest BCUT2D eigenvalue weighted by Crippen LogP contribution is -2.31. The van der Waals surface area contributed by atoms with E-state index in [1.807, 2.05) is 78.9 Å². The standard InChI is InChI=1S/C24H26N2O2/c1-3-22(19-13-15-20(28-2)16-14-19)25-17-24(27)26-23-12-8-7-11-21(23)18-9-5-4-6-10-18/h4-16,22,25H,3,17H2,1-2H3,(H,26,27). The minimum absolute atomic E-state index is 0.0599. The second-order valence-corrected chi connectivity index (χ2v) is 6.57. The fourth-order valence-electron chi connectivity index (χ4n) is 3.21. The molecule has 0 aromatic heterocycles. The molecule has 2 N–H and O–H groups in total. The minimum atomic E-state index is -0.0599. The third-order valence-corrected chi connectivity index (χ3v) is 4.72. The van der Waals surface area contributed by atoms with Crippen LogP contribution in [0.25, 0.3) is 11.1 Å². The van der Waals surface area contributed by atoms with E-state index in [2.05, 4.69) is 17.6 Å². The Bertz CT molecular complexity index is 892. The normalized spacial score (nSPS) is 11.6. The molecule has 3 aromatic carbocycles. The van der Waals surface area contributed by atoms with Gasteiger partial charge in [0.2, 0.25) is 5.91 Å². The predicted octanol–water partition coefficient (Wildman–Crippen LogP) is 5.04. The second kappa shape index (κ2) is 9.72. The van der Waals surface area contributed by atoms with E-state index in [4.69, 9.17) is 4.74 Å². The summed E-state index contributed by atoms with van der Waals surface area (Å²) in [5.74, 6) is 0.768. The molecule has 0 aliphatic heterocycles. The molecule has 0 spiro atoms. The van der Waals surface area contributed by atoms with Crippen molar-refractivity contribution in [3.8, 4) is 16.9 Å². The first kappa shape index (κ1) is 19.6. The summed E-state index contributed by atoms with van der Waals surface area (Å²) in [6.45, 7) is 2.35. The van der Waals surface area contributed by atoms with E-state index in [0.717, 1.165) is 34.5 Å². The van der Waals surface area contributed by atoms with Gasteiger partial charge in [0.15, 0.2) is 0 Å². The number of amides is 1. The molecule has 0 fully saturated rings. The topological polar surface area (TPSA) is 50.4 Å². The molecule has 3 rings (SSSR count). The summed E-state index contributed by atoms with van der Waals surface area (Å²) in [4.78, 5) is 12.6. The first-order valence-electron chi connectivity index (χ1n) is 9.53. The molecule has 1 atom stereocenters. The van der Waals surface area contributed by atoms with Gasteiger partial charge in [-0.05, 0) is 35.7 Å². The fraction of sp³-hybridized carbons (Fsp3) is 0.208. The molecular formula is C24H26N2O2. The van der Waals surface area contributed by atoms with Crippen molar-refractivity contribution >= 4 is 11.6 Å². The van der Waals surface area contributed by atoms with Crippen LogP contribution in [0.3, 0.4) is 0 Å². The van der Waals surface area contributed by atoms with Crippen LogP contribution in [0.2, 0.25) is 0 Å². The van der Waals surface area contributed by atoms with Crippen LogP contribution in [-0.2, 0) is 4.79 Å². The molecule has 0 saturated carbocycles. The Hall–Kier alpha value is -3.11. The highest BCUT2D eigenvalue weighted by molar-refractivity contribution is 5.96. The zero-order valence-electron chi connectivity index (χ0n) is 16.3. The van der Waals surface area contributed by atoms with Crippen LogP contribution < -0.4 is 15.4 Å². The Balaban J connectivity index is 1.64. The summed E-state index contributed by atoms with van der Waals surface area (Å²) in [5.41, 5.74) is 4.05. The van der Waals surface area contributed by atoms with E-state index in [9.17, 15) is 4.79 Å². The van der Waals surface area contributed by atoms with Crippen molar-refractivity contribution in [3.63, 3.8) is 0 Å². The third kappa shape index (κ3) is 4.99. The molecule has 1 amide bonds. The Morgan fingerprint density at radius 2 is 1.61 bits per heavy atom. The number of carbonyl (C=O) groups excluding carboxylic acids is 1. The van der Waals surface area contributed by atoms with E-state index in [1.54, 1.807) is 7.11 Å². The number of hydrogen-bond donors (Lipinski definition) is 2. The SMILES string of the molecule is CCC(NCC(=O)Nc1ccccc1-c1ccccc1)c1ccc(OC)cc1. The molecule has 4 nitrogen and oxygen atoms in total. The summed E-state index contributed by atoms with van der Waals surface area (Å²) in [6.07, 6.45) is 0.889. The number of ether oxygens (including phenoxy) is 1. The molecule has 0 aliphatic carbocycles. The van der Waals surface area contributed by atoms with Crippen molar-refractivity contribution in [1.29, 1.82) is 0 Å². The van der Waals surface area contributed by atoms with Gasteiger partial charge in [0, 0.05) is 17.3 Å². The molecule has 0 bridgehead atoms. The largest absolute Gasteiger partial charge is 0.497 e. The van der Waals surface area contributed by atoms with E-state index in [0.29, 0.717) is 0 Å². The quantitative estimate of drug-likeness (QED) is 0.581. The first-order valence-corrected chi connectivity index (χ1v) is 9.53. The van der Waals surface area contributed by atoms with Crippen LogP contribution in [-0.4, -0.2) is 19.6 Å². The molecule has 144 valence electrons. The summed E-state index contributed by atoms with van der Waals surface area (Å²) in [7, 11) is 1.65. The van der Waals surface area contributed by atoms with Gasteiger partial charge in [-0.25, -0.2) is 0 Å². The van der Waals surface area contributed by atoms with Crippen LogP contribution in [0.1, 0.15) is 24.9 Å². The van der Waals surface area contributed by atoms with Crippen molar-refractivity contribution in [1.82, 2.24) is 5.32 Å². The number of carbonyl (C=O) groups is 1. The lowest BCUT2D eigenvalue weighted by Gasteiger charge is -2.18. The number of rotatable bonds is 8. The monoisotopic (exact) mass is 374 g/mol. The molecule has 1 unspecified atom stereocenters. The average Bonchev–Trinajstić information content (AvgIpc) is 2.75. The van der Waals surface area contributed by atoms with Crippen LogP contribution in [0, 0.1) is 0 Å². The number of nitrogens with one attached hydrogen (secondary N) is 2. The van der Waals surface area contributed by atoms with Gasteiger partial charge in [-0.3, -0.25) is 4.79 Å². The molecule has 0 radical (unpaired) electrons. The van der Waals surface area contributed by atoms with Gasteiger partial charge in [0.25, 0.3) is 0 Å². The maximum Gasteiger partial charge on any atom is 0.238 e. The molecule has 4 heteroatoms. The van der Waals surface area contributed by atoms with Crippen molar-refractivity contribution in [2.45, 2.75) is 19.4 Å². The summed E-state index contributed by atoms with van der Waals surface area (Å²) in [5, 5.41) is 6.39. The first-order chi connectivity index (χ1) is 13.7. The van der Waals surface area contributed by atoms with Gasteiger partial charge in [-0.15, -0.1) is 0 Å².